The third kappa shape index (κ3) is 6.63. The molecule has 1 aromatic heterocycles. The first-order valence-corrected chi connectivity index (χ1v) is 11.7. The molecule has 0 radical (unpaired) electrons. The molecule has 0 bridgehead atoms. The van der Waals surface area contributed by atoms with Gasteiger partial charge >= 0.3 is 0 Å². The van der Waals surface area contributed by atoms with Crippen molar-refractivity contribution in [1.82, 2.24) is 15.5 Å². The van der Waals surface area contributed by atoms with Crippen LogP contribution in [-0.2, 0) is 16.0 Å². The second-order valence-electron chi connectivity index (χ2n) is 7.32. The van der Waals surface area contributed by atoms with Gasteiger partial charge in [-0.15, -0.1) is 10.2 Å². The summed E-state index contributed by atoms with van der Waals surface area (Å²) in [4.78, 5) is 25.6. The van der Waals surface area contributed by atoms with Crippen LogP contribution in [0.25, 0.3) is 10.6 Å². The Kier molecular flexibility index (Phi) is 7.85. The summed E-state index contributed by atoms with van der Waals surface area (Å²) in [6, 6.07) is 24.9. The van der Waals surface area contributed by atoms with Crippen LogP contribution in [0.3, 0.4) is 0 Å². The summed E-state index contributed by atoms with van der Waals surface area (Å²) >= 11 is 7.13. The summed E-state index contributed by atoms with van der Waals surface area (Å²) in [5.74, 6) is -0.307. The van der Waals surface area contributed by atoms with Crippen molar-refractivity contribution in [3.05, 3.63) is 95.5 Å². The van der Waals surface area contributed by atoms with Gasteiger partial charge in [-0.25, -0.2) is 0 Å². The van der Waals surface area contributed by atoms with E-state index in [9.17, 15) is 9.59 Å². The van der Waals surface area contributed by atoms with Crippen LogP contribution >= 0.6 is 22.9 Å². The van der Waals surface area contributed by atoms with Crippen molar-refractivity contribution in [3.63, 3.8) is 0 Å². The Morgan fingerprint density at radius 2 is 1.59 bits per heavy atom. The molecule has 3 aromatic carbocycles. The summed E-state index contributed by atoms with van der Waals surface area (Å²) in [5.41, 5.74) is 1.82. The second kappa shape index (κ2) is 11.4. The van der Waals surface area contributed by atoms with Gasteiger partial charge in [0, 0.05) is 17.0 Å². The van der Waals surface area contributed by atoms with Crippen molar-refractivity contribution >= 4 is 39.9 Å². The molecule has 0 aliphatic heterocycles. The molecule has 4 rings (SSSR count). The van der Waals surface area contributed by atoms with Crippen molar-refractivity contribution in [1.29, 1.82) is 0 Å². The predicted octanol–water partition coefficient (Wildman–Crippen LogP) is 4.60. The Labute approximate surface area is 205 Å². The van der Waals surface area contributed by atoms with Crippen LogP contribution in [0.15, 0.2) is 84.9 Å². The lowest BCUT2D eigenvalue weighted by Gasteiger charge is -2.18. The zero-order valence-corrected chi connectivity index (χ0v) is 19.6. The van der Waals surface area contributed by atoms with Crippen LogP contribution in [0.1, 0.15) is 5.56 Å². The van der Waals surface area contributed by atoms with Crippen molar-refractivity contribution in [2.45, 2.75) is 12.5 Å². The van der Waals surface area contributed by atoms with Crippen LogP contribution in [0.4, 0.5) is 5.13 Å². The topological polar surface area (TPSA) is 93.2 Å². The molecule has 0 aliphatic rings. The normalized spacial score (nSPS) is 11.4. The molecule has 2 N–H and O–H groups in total. The SMILES string of the molecule is O=C(COc1ccc(Cl)cc1)NC(Cc1ccccc1)C(=O)Nc1nnc(-c2ccccc2)s1. The largest absolute Gasteiger partial charge is 0.484 e. The maximum atomic E-state index is 13.1. The van der Waals surface area contributed by atoms with Crippen molar-refractivity contribution in [3.8, 4) is 16.3 Å². The van der Waals surface area contributed by atoms with Gasteiger partial charge in [-0.05, 0) is 29.8 Å². The number of hydrogen-bond donors (Lipinski definition) is 2. The van der Waals surface area contributed by atoms with E-state index in [4.69, 9.17) is 16.3 Å². The first-order chi connectivity index (χ1) is 16.6. The summed E-state index contributed by atoms with van der Waals surface area (Å²) in [6.45, 7) is -0.239. The number of hydrogen-bond acceptors (Lipinski definition) is 6. The number of amides is 2. The molecule has 9 heteroatoms. The molecule has 0 aliphatic carbocycles. The van der Waals surface area contributed by atoms with E-state index in [0.29, 0.717) is 27.3 Å². The molecule has 0 saturated heterocycles. The van der Waals surface area contributed by atoms with Crippen LogP contribution in [0.5, 0.6) is 5.75 Å². The van der Waals surface area contributed by atoms with E-state index in [0.717, 1.165) is 11.1 Å². The zero-order valence-electron chi connectivity index (χ0n) is 18.0. The maximum Gasteiger partial charge on any atom is 0.258 e. The van der Waals surface area contributed by atoms with Crippen molar-refractivity contribution in [2.24, 2.45) is 0 Å². The predicted molar refractivity (Wildman–Crippen MR) is 133 cm³/mol. The lowest BCUT2D eigenvalue weighted by molar-refractivity contribution is -0.127. The highest BCUT2D eigenvalue weighted by molar-refractivity contribution is 7.18. The highest BCUT2D eigenvalue weighted by Crippen LogP contribution is 2.26. The Morgan fingerprint density at radius 3 is 2.29 bits per heavy atom. The highest BCUT2D eigenvalue weighted by Gasteiger charge is 2.23. The Bertz CT molecular complexity index is 1230. The fraction of sp³-hybridized carbons (Fsp3) is 0.120. The Hall–Kier alpha value is -3.75. The third-order valence-electron chi connectivity index (χ3n) is 4.79. The third-order valence-corrected chi connectivity index (χ3v) is 5.93. The minimum atomic E-state index is -0.826. The second-order valence-corrected chi connectivity index (χ2v) is 8.73. The molecular weight excluding hydrogens is 472 g/mol. The molecule has 7 nitrogen and oxygen atoms in total. The number of rotatable bonds is 9. The summed E-state index contributed by atoms with van der Waals surface area (Å²) in [7, 11) is 0. The maximum absolute atomic E-state index is 13.1. The molecule has 172 valence electrons. The molecule has 1 heterocycles. The quantitative estimate of drug-likeness (QED) is 0.356. The lowest BCUT2D eigenvalue weighted by atomic mass is 10.1. The molecule has 0 saturated carbocycles. The molecule has 1 unspecified atom stereocenters. The van der Waals surface area contributed by atoms with E-state index in [1.54, 1.807) is 24.3 Å². The number of carbonyl (C=O) groups excluding carboxylic acids is 2. The number of carbonyl (C=O) groups is 2. The van der Waals surface area contributed by atoms with E-state index in [-0.39, 0.29) is 12.5 Å². The van der Waals surface area contributed by atoms with Crippen LogP contribution < -0.4 is 15.4 Å². The number of benzene rings is 3. The number of ether oxygens (including phenoxy) is 1. The monoisotopic (exact) mass is 492 g/mol. The van der Waals surface area contributed by atoms with Crippen molar-refractivity contribution < 1.29 is 14.3 Å². The van der Waals surface area contributed by atoms with Gasteiger partial charge in [0.1, 0.15) is 16.8 Å². The highest BCUT2D eigenvalue weighted by atomic mass is 35.5. The van der Waals surface area contributed by atoms with E-state index in [1.807, 2.05) is 60.7 Å². The van der Waals surface area contributed by atoms with Gasteiger partial charge in [0.05, 0.1) is 0 Å². The average molecular weight is 493 g/mol. The molecule has 34 heavy (non-hydrogen) atoms. The number of halogens is 1. The standard InChI is InChI=1S/C25H21ClN4O3S/c26-19-11-13-20(14-12-19)33-16-22(31)27-21(15-17-7-3-1-4-8-17)23(32)28-25-30-29-24(34-25)18-9-5-2-6-10-18/h1-14,21H,15-16H2,(H,27,31)(H,28,30,32). The van der Waals surface area contributed by atoms with Crippen molar-refractivity contribution in [2.75, 3.05) is 11.9 Å². The van der Waals surface area contributed by atoms with Crippen LogP contribution in [-0.4, -0.2) is 34.7 Å². The summed E-state index contributed by atoms with van der Waals surface area (Å²) in [5, 5.41) is 15.4. The van der Waals surface area contributed by atoms with Gasteiger partial charge in [-0.2, -0.15) is 0 Å². The Morgan fingerprint density at radius 1 is 0.912 bits per heavy atom. The van der Waals surface area contributed by atoms with Gasteiger partial charge in [0.2, 0.25) is 11.0 Å². The number of aromatic nitrogens is 2. The average Bonchev–Trinajstić information content (AvgIpc) is 3.33. The van der Waals surface area contributed by atoms with E-state index >= 15 is 0 Å². The van der Waals surface area contributed by atoms with E-state index < -0.39 is 11.9 Å². The first kappa shape index (κ1) is 23.4. The Balaban J connectivity index is 1.42. The van der Waals surface area contributed by atoms with Gasteiger partial charge in [-0.1, -0.05) is 83.6 Å². The minimum Gasteiger partial charge on any atom is -0.484 e. The van der Waals surface area contributed by atoms with E-state index in [2.05, 4.69) is 20.8 Å². The smallest absolute Gasteiger partial charge is 0.258 e. The van der Waals surface area contributed by atoms with Gasteiger partial charge in [-0.3, -0.25) is 14.9 Å². The lowest BCUT2D eigenvalue weighted by Crippen LogP contribution is -2.46. The first-order valence-electron chi connectivity index (χ1n) is 10.5. The molecule has 0 spiro atoms. The molecule has 1 atom stereocenters. The minimum absolute atomic E-state index is 0.239. The molecule has 2 amide bonds. The van der Waals surface area contributed by atoms with Gasteiger partial charge in [0.15, 0.2) is 6.61 Å². The number of anilines is 1. The molecule has 4 aromatic rings. The van der Waals surface area contributed by atoms with Gasteiger partial charge in [0.25, 0.3) is 5.91 Å². The van der Waals surface area contributed by atoms with Crippen LogP contribution in [0, 0.1) is 0 Å². The zero-order chi connectivity index (χ0) is 23.8. The fourth-order valence-electron chi connectivity index (χ4n) is 3.14. The van der Waals surface area contributed by atoms with Gasteiger partial charge < -0.3 is 10.1 Å². The fourth-order valence-corrected chi connectivity index (χ4v) is 4.02. The summed E-state index contributed by atoms with van der Waals surface area (Å²) < 4.78 is 5.50. The van der Waals surface area contributed by atoms with E-state index in [1.165, 1.54) is 11.3 Å². The number of nitrogens with one attached hydrogen (secondary N) is 2. The van der Waals surface area contributed by atoms with Crippen LogP contribution in [0.2, 0.25) is 5.02 Å². The number of nitrogens with zero attached hydrogens (tertiary/aromatic N) is 2. The molecular formula is C25H21ClN4O3S. The summed E-state index contributed by atoms with van der Waals surface area (Å²) in [6.07, 6.45) is 0.309. The molecule has 0 fully saturated rings.